The normalized spacial score (nSPS) is 19.8. The minimum atomic E-state index is -0.436. The fourth-order valence-electron chi connectivity index (χ4n) is 3.43. The van der Waals surface area contributed by atoms with E-state index in [4.69, 9.17) is 5.73 Å². The number of piperidine rings is 1. The lowest BCUT2D eigenvalue weighted by Gasteiger charge is -2.29. The van der Waals surface area contributed by atoms with Crippen molar-refractivity contribution in [3.63, 3.8) is 0 Å². The highest BCUT2D eigenvalue weighted by Crippen LogP contribution is 2.29. The highest BCUT2D eigenvalue weighted by molar-refractivity contribution is 6.05. The van der Waals surface area contributed by atoms with Crippen LogP contribution in [0, 0.1) is 0 Å². The molecule has 1 saturated heterocycles. The van der Waals surface area contributed by atoms with E-state index < -0.39 is 5.91 Å². The summed E-state index contributed by atoms with van der Waals surface area (Å²) in [5, 5.41) is 4.76. The smallest absolute Gasteiger partial charge is 0.258 e. The van der Waals surface area contributed by atoms with E-state index in [1.54, 1.807) is 12.1 Å². The minimum absolute atomic E-state index is 0.208. The summed E-state index contributed by atoms with van der Waals surface area (Å²) in [5.74, 6) is -1.33. The molecule has 0 aliphatic carbocycles. The first-order valence-electron chi connectivity index (χ1n) is 8.72. The van der Waals surface area contributed by atoms with Crippen LogP contribution in [0.3, 0.4) is 0 Å². The van der Waals surface area contributed by atoms with Crippen LogP contribution in [-0.4, -0.2) is 41.1 Å². The molecule has 26 heavy (non-hydrogen) atoms. The van der Waals surface area contributed by atoms with Crippen LogP contribution in [0.1, 0.15) is 47.2 Å². The average molecular weight is 358 g/mol. The van der Waals surface area contributed by atoms with Crippen LogP contribution in [0.25, 0.3) is 0 Å². The van der Waals surface area contributed by atoms with Crippen LogP contribution in [0.15, 0.2) is 18.2 Å². The molecule has 2 heterocycles. The number of amides is 4. The first kappa shape index (κ1) is 18.2. The fraction of sp³-hybridized carbons (Fsp3) is 0.444. The maximum Gasteiger partial charge on any atom is 0.258 e. The maximum atomic E-state index is 12.5. The first-order chi connectivity index (χ1) is 12.5. The summed E-state index contributed by atoms with van der Waals surface area (Å²) >= 11 is 0. The molecule has 0 aromatic heterocycles. The summed E-state index contributed by atoms with van der Waals surface area (Å²) in [6.45, 7) is 1.36. The van der Waals surface area contributed by atoms with Crippen LogP contribution < -0.4 is 16.4 Å². The number of nitrogens with zero attached hydrogens (tertiary/aromatic N) is 1. The van der Waals surface area contributed by atoms with Crippen LogP contribution in [0.5, 0.6) is 0 Å². The molecule has 1 fully saturated rings. The zero-order valence-corrected chi connectivity index (χ0v) is 14.4. The van der Waals surface area contributed by atoms with Gasteiger partial charge in [0.25, 0.3) is 5.91 Å². The van der Waals surface area contributed by atoms with Crippen molar-refractivity contribution in [2.24, 2.45) is 5.73 Å². The molecule has 0 saturated carbocycles. The highest BCUT2D eigenvalue weighted by atomic mass is 16.2. The van der Waals surface area contributed by atoms with E-state index >= 15 is 0 Å². The van der Waals surface area contributed by atoms with Crippen LogP contribution in [-0.2, 0) is 27.5 Å². The molecule has 1 unspecified atom stereocenters. The molecule has 1 atom stereocenters. The molecule has 0 bridgehead atoms. The van der Waals surface area contributed by atoms with Gasteiger partial charge in [-0.2, -0.15) is 0 Å². The number of hydrogen-bond donors (Lipinski definition) is 3. The zero-order chi connectivity index (χ0) is 18.7. The highest BCUT2D eigenvalue weighted by Gasteiger charge is 2.36. The van der Waals surface area contributed by atoms with Gasteiger partial charge in [-0.15, -0.1) is 0 Å². The Morgan fingerprint density at radius 1 is 1.27 bits per heavy atom. The van der Waals surface area contributed by atoms with Crippen molar-refractivity contribution in [3.05, 3.63) is 34.9 Å². The van der Waals surface area contributed by atoms with Crippen LogP contribution in [0.2, 0.25) is 0 Å². The SMILES string of the molecule is NCCCC(=O)NC(=O)c1cccc2c1CN(C1CCC(=O)NC1=O)C2. The predicted molar refractivity (Wildman–Crippen MR) is 92.6 cm³/mol. The van der Waals surface area contributed by atoms with Gasteiger partial charge in [-0.1, -0.05) is 12.1 Å². The van der Waals surface area contributed by atoms with E-state index in [0.717, 1.165) is 11.1 Å². The second-order valence-electron chi connectivity index (χ2n) is 6.58. The third-order valence-electron chi connectivity index (χ3n) is 4.76. The molecular weight excluding hydrogens is 336 g/mol. The summed E-state index contributed by atoms with van der Waals surface area (Å²) in [6, 6.07) is 4.97. The molecular formula is C18H22N4O4. The molecule has 8 heteroatoms. The van der Waals surface area contributed by atoms with Crippen molar-refractivity contribution in [3.8, 4) is 0 Å². The van der Waals surface area contributed by atoms with Crippen LogP contribution >= 0.6 is 0 Å². The van der Waals surface area contributed by atoms with Crippen molar-refractivity contribution in [1.82, 2.24) is 15.5 Å². The van der Waals surface area contributed by atoms with Gasteiger partial charge in [0.2, 0.25) is 17.7 Å². The maximum absolute atomic E-state index is 12.5. The Labute approximate surface area is 151 Å². The first-order valence-corrected chi connectivity index (χ1v) is 8.72. The number of benzene rings is 1. The molecule has 2 aliphatic heterocycles. The predicted octanol–water partition coefficient (Wildman–Crippen LogP) is -0.197. The van der Waals surface area contributed by atoms with E-state index in [2.05, 4.69) is 10.6 Å². The Morgan fingerprint density at radius 3 is 2.81 bits per heavy atom. The van der Waals surface area contributed by atoms with Gasteiger partial charge < -0.3 is 5.73 Å². The number of hydrogen-bond acceptors (Lipinski definition) is 6. The van der Waals surface area contributed by atoms with Crippen molar-refractivity contribution < 1.29 is 19.2 Å². The molecule has 0 spiro atoms. The van der Waals surface area contributed by atoms with Crippen molar-refractivity contribution >= 4 is 23.6 Å². The Bertz CT molecular complexity index is 762. The summed E-state index contributed by atoms with van der Waals surface area (Å²) in [7, 11) is 0. The number of carbonyl (C=O) groups is 4. The Morgan fingerprint density at radius 2 is 2.08 bits per heavy atom. The molecule has 0 radical (unpaired) electrons. The molecule has 1 aromatic carbocycles. The van der Waals surface area contributed by atoms with Gasteiger partial charge in [-0.3, -0.25) is 34.7 Å². The Kier molecular flexibility index (Phi) is 5.43. The van der Waals surface area contributed by atoms with E-state index in [9.17, 15) is 19.2 Å². The van der Waals surface area contributed by atoms with Gasteiger partial charge >= 0.3 is 0 Å². The van der Waals surface area contributed by atoms with E-state index in [1.165, 1.54) is 0 Å². The topological polar surface area (TPSA) is 122 Å². The second-order valence-corrected chi connectivity index (χ2v) is 6.58. The largest absolute Gasteiger partial charge is 0.330 e. The summed E-state index contributed by atoms with van der Waals surface area (Å²) in [4.78, 5) is 49.6. The molecule has 138 valence electrons. The molecule has 8 nitrogen and oxygen atoms in total. The number of nitrogens with one attached hydrogen (secondary N) is 2. The zero-order valence-electron chi connectivity index (χ0n) is 14.4. The van der Waals surface area contributed by atoms with Gasteiger partial charge in [0.15, 0.2) is 0 Å². The molecule has 4 N–H and O–H groups in total. The standard InChI is InChI=1S/C18H22N4O4/c19-8-2-5-15(23)20-17(25)12-4-1-3-11-9-22(10-13(11)12)14-6-7-16(24)21-18(14)26/h1,3-4,14H,2,5-10,19H2,(H,20,23,25)(H,21,24,26). The Hall–Kier alpha value is -2.58. The summed E-state index contributed by atoms with van der Waals surface area (Å²) in [6.07, 6.45) is 1.51. The number of imide groups is 2. The summed E-state index contributed by atoms with van der Waals surface area (Å²) in [5.41, 5.74) is 7.59. The van der Waals surface area contributed by atoms with Crippen molar-refractivity contribution in [2.45, 2.75) is 44.8 Å². The molecule has 1 aromatic rings. The van der Waals surface area contributed by atoms with Gasteiger partial charge in [0.1, 0.15) is 0 Å². The molecule has 2 aliphatic rings. The van der Waals surface area contributed by atoms with Crippen molar-refractivity contribution in [1.29, 1.82) is 0 Å². The average Bonchev–Trinajstić information content (AvgIpc) is 3.03. The monoisotopic (exact) mass is 358 g/mol. The lowest BCUT2D eigenvalue weighted by Crippen LogP contribution is -2.50. The number of rotatable bonds is 5. The van der Waals surface area contributed by atoms with Gasteiger partial charge in [-0.25, -0.2) is 0 Å². The number of fused-ring (bicyclic) bond motifs is 1. The quantitative estimate of drug-likeness (QED) is 0.627. The molecule has 4 amide bonds. The van der Waals surface area contributed by atoms with E-state index in [1.807, 2.05) is 11.0 Å². The Balaban J connectivity index is 1.71. The number of carbonyl (C=O) groups excluding carboxylic acids is 4. The fourth-order valence-corrected chi connectivity index (χ4v) is 3.43. The van der Waals surface area contributed by atoms with E-state index in [-0.39, 0.29) is 30.2 Å². The van der Waals surface area contributed by atoms with Gasteiger partial charge in [0, 0.05) is 31.5 Å². The number of nitrogens with two attached hydrogens (primary N) is 1. The van der Waals surface area contributed by atoms with E-state index in [0.29, 0.717) is 44.5 Å². The lowest BCUT2D eigenvalue weighted by molar-refractivity contribution is -0.137. The minimum Gasteiger partial charge on any atom is -0.330 e. The third-order valence-corrected chi connectivity index (χ3v) is 4.76. The second kappa shape index (κ2) is 7.76. The summed E-state index contributed by atoms with van der Waals surface area (Å²) < 4.78 is 0. The van der Waals surface area contributed by atoms with Gasteiger partial charge in [-0.05, 0) is 36.6 Å². The molecule has 3 rings (SSSR count). The van der Waals surface area contributed by atoms with Crippen LogP contribution in [0.4, 0.5) is 0 Å². The lowest BCUT2D eigenvalue weighted by atomic mass is 10.0. The third kappa shape index (κ3) is 3.81. The van der Waals surface area contributed by atoms with Crippen molar-refractivity contribution in [2.75, 3.05) is 6.54 Å². The van der Waals surface area contributed by atoms with Gasteiger partial charge in [0.05, 0.1) is 6.04 Å².